The van der Waals surface area contributed by atoms with Gasteiger partial charge in [0.05, 0.1) is 0 Å². The van der Waals surface area contributed by atoms with Crippen LogP contribution in [0.2, 0.25) is 0 Å². The fourth-order valence-corrected chi connectivity index (χ4v) is 4.22. The van der Waals surface area contributed by atoms with Gasteiger partial charge in [-0.15, -0.1) is 0 Å². The van der Waals surface area contributed by atoms with Crippen LogP contribution in [0.4, 0.5) is 5.69 Å². The highest BCUT2D eigenvalue weighted by atomic mass is 32.2. The molecule has 1 aromatic heterocycles. The predicted molar refractivity (Wildman–Crippen MR) is 108 cm³/mol. The van der Waals surface area contributed by atoms with E-state index in [1.807, 2.05) is 55.5 Å². The summed E-state index contributed by atoms with van der Waals surface area (Å²) in [4.78, 5) is 18.6. The third kappa shape index (κ3) is 4.04. The first-order valence-corrected chi connectivity index (χ1v) is 10.7. The fraction of sp³-hybridized carbons (Fsp3) is 0.286. The highest BCUT2D eigenvalue weighted by Gasteiger charge is 2.24. The van der Waals surface area contributed by atoms with Crippen molar-refractivity contribution in [1.82, 2.24) is 10.1 Å². The molecule has 6 nitrogen and oxygen atoms in total. The van der Waals surface area contributed by atoms with Crippen LogP contribution in [-0.4, -0.2) is 32.6 Å². The number of carbonyl (C=O) groups is 1. The van der Waals surface area contributed by atoms with Gasteiger partial charge in [-0.3, -0.25) is 9.00 Å². The molecule has 4 rings (SSSR count). The minimum atomic E-state index is -1.24. The molecule has 144 valence electrons. The maximum absolute atomic E-state index is 12.5. The van der Waals surface area contributed by atoms with Crippen molar-refractivity contribution in [3.05, 3.63) is 65.5 Å². The number of carbonyl (C=O) groups excluding carboxylic acids is 1. The lowest BCUT2D eigenvalue weighted by Gasteiger charge is -2.16. The van der Waals surface area contributed by atoms with Crippen LogP contribution >= 0.6 is 0 Å². The molecule has 0 bridgehead atoms. The van der Waals surface area contributed by atoms with Crippen molar-refractivity contribution in [3.8, 4) is 11.4 Å². The van der Waals surface area contributed by atoms with Gasteiger partial charge in [0.25, 0.3) is 0 Å². The van der Waals surface area contributed by atoms with Crippen LogP contribution in [0.25, 0.3) is 11.4 Å². The zero-order valence-electron chi connectivity index (χ0n) is 15.6. The molecule has 0 saturated carbocycles. The molecule has 28 heavy (non-hydrogen) atoms. The summed E-state index contributed by atoms with van der Waals surface area (Å²) in [7, 11) is -1.24. The molecule has 3 aromatic rings. The van der Waals surface area contributed by atoms with Crippen LogP contribution in [0, 0.1) is 6.92 Å². The molecular weight excluding hydrogens is 374 g/mol. The van der Waals surface area contributed by atoms with E-state index in [2.05, 4.69) is 10.1 Å². The lowest BCUT2D eigenvalue weighted by molar-refractivity contribution is -0.118. The molecule has 1 unspecified atom stereocenters. The average Bonchev–Trinajstić information content (AvgIpc) is 3.34. The monoisotopic (exact) mass is 395 g/mol. The number of benzene rings is 2. The fourth-order valence-electron chi connectivity index (χ4n) is 3.28. The summed E-state index contributed by atoms with van der Waals surface area (Å²) in [5.74, 6) is 1.25. The number of hydrogen-bond donors (Lipinski definition) is 0. The number of aryl methyl sites for hydroxylation is 1. The molecule has 2 aromatic carbocycles. The Hall–Kier alpha value is -2.80. The number of nitrogens with zero attached hydrogens (tertiary/aromatic N) is 3. The Kier molecular flexibility index (Phi) is 5.34. The van der Waals surface area contributed by atoms with Crippen molar-refractivity contribution in [3.63, 3.8) is 0 Å². The number of para-hydroxylation sites is 1. The summed E-state index contributed by atoms with van der Waals surface area (Å²) >= 11 is 0. The van der Waals surface area contributed by atoms with Gasteiger partial charge in [-0.1, -0.05) is 53.2 Å². The Balaban J connectivity index is 1.32. The molecule has 1 aliphatic rings. The Morgan fingerprint density at radius 1 is 1.18 bits per heavy atom. The summed E-state index contributed by atoms with van der Waals surface area (Å²) in [5, 5.41) is 3.96. The molecule has 0 saturated heterocycles. The average molecular weight is 395 g/mol. The van der Waals surface area contributed by atoms with Gasteiger partial charge in [-0.05, 0) is 25.0 Å². The highest BCUT2D eigenvalue weighted by molar-refractivity contribution is 7.84. The summed E-state index contributed by atoms with van der Waals surface area (Å²) in [6.07, 6.45) is 1.11. The molecule has 0 aliphatic carbocycles. The number of rotatable bonds is 6. The van der Waals surface area contributed by atoms with Crippen LogP contribution in [0.1, 0.15) is 23.4 Å². The standard InChI is InChI=1S/C21H21N3O3S/c1-15-6-8-17(9-7-15)21-22-19(27-23-21)14-28(26)13-11-20(25)24-12-10-16-4-2-3-5-18(16)24/h2-9H,10-14H2,1H3. The number of fused-ring (bicyclic) bond motifs is 1. The van der Waals surface area contributed by atoms with Crippen molar-refractivity contribution in [1.29, 1.82) is 0 Å². The summed E-state index contributed by atoms with van der Waals surface area (Å²) in [5.41, 5.74) is 4.16. The molecule has 0 radical (unpaired) electrons. The van der Waals surface area contributed by atoms with E-state index in [9.17, 15) is 9.00 Å². The predicted octanol–water partition coefficient (Wildman–Crippen LogP) is 3.27. The minimum Gasteiger partial charge on any atom is -0.338 e. The highest BCUT2D eigenvalue weighted by Crippen LogP contribution is 2.28. The van der Waals surface area contributed by atoms with Crippen LogP contribution < -0.4 is 4.90 Å². The molecule has 0 N–H and O–H groups in total. The van der Waals surface area contributed by atoms with Gasteiger partial charge in [0.2, 0.25) is 17.6 Å². The van der Waals surface area contributed by atoms with Gasteiger partial charge in [0.15, 0.2) is 0 Å². The zero-order chi connectivity index (χ0) is 19.5. The second kappa shape index (κ2) is 8.06. The van der Waals surface area contributed by atoms with Crippen molar-refractivity contribution >= 4 is 22.4 Å². The Bertz CT molecular complexity index is 1010. The first kappa shape index (κ1) is 18.6. The summed E-state index contributed by atoms with van der Waals surface area (Å²) < 4.78 is 17.6. The third-order valence-electron chi connectivity index (χ3n) is 4.79. The maximum Gasteiger partial charge on any atom is 0.239 e. The molecular formula is C21H21N3O3S. The van der Waals surface area contributed by atoms with Gasteiger partial charge < -0.3 is 9.42 Å². The van der Waals surface area contributed by atoms with E-state index in [0.29, 0.717) is 18.3 Å². The van der Waals surface area contributed by atoms with Crippen LogP contribution in [-0.2, 0) is 27.8 Å². The van der Waals surface area contributed by atoms with Crippen LogP contribution in [0.3, 0.4) is 0 Å². The smallest absolute Gasteiger partial charge is 0.239 e. The lowest BCUT2D eigenvalue weighted by atomic mass is 10.1. The molecule has 0 fully saturated rings. The van der Waals surface area contributed by atoms with E-state index in [-0.39, 0.29) is 23.8 Å². The molecule has 1 amide bonds. The van der Waals surface area contributed by atoms with Crippen LogP contribution in [0.5, 0.6) is 0 Å². The van der Waals surface area contributed by atoms with E-state index in [0.717, 1.165) is 23.2 Å². The second-order valence-corrected chi connectivity index (χ2v) is 8.42. The first-order valence-electron chi connectivity index (χ1n) is 9.23. The molecule has 2 heterocycles. The van der Waals surface area contributed by atoms with Crippen molar-refractivity contribution in [2.45, 2.75) is 25.5 Å². The number of anilines is 1. The van der Waals surface area contributed by atoms with Crippen molar-refractivity contribution < 1.29 is 13.5 Å². The third-order valence-corrected chi connectivity index (χ3v) is 6.02. The second-order valence-electron chi connectivity index (χ2n) is 6.84. The zero-order valence-corrected chi connectivity index (χ0v) is 16.4. The Labute approximate surface area is 166 Å². The van der Waals surface area contributed by atoms with Crippen molar-refractivity contribution in [2.24, 2.45) is 0 Å². The Morgan fingerprint density at radius 3 is 2.79 bits per heavy atom. The van der Waals surface area contributed by atoms with Gasteiger partial charge in [-0.2, -0.15) is 4.98 Å². The maximum atomic E-state index is 12.5. The SMILES string of the molecule is Cc1ccc(-c2noc(CS(=O)CCC(=O)N3CCc4ccccc43)n2)cc1. The van der Waals surface area contributed by atoms with E-state index in [1.54, 1.807) is 4.90 Å². The lowest BCUT2D eigenvalue weighted by Crippen LogP contribution is -2.29. The van der Waals surface area contributed by atoms with E-state index < -0.39 is 10.8 Å². The number of hydrogen-bond acceptors (Lipinski definition) is 5. The van der Waals surface area contributed by atoms with Gasteiger partial charge in [-0.25, -0.2) is 0 Å². The van der Waals surface area contributed by atoms with E-state index >= 15 is 0 Å². The molecule has 0 spiro atoms. The van der Waals surface area contributed by atoms with Crippen LogP contribution in [0.15, 0.2) is 53.1 Å². The summed E-state index contributed by atoms with van der Waals surface area (Å²) in [6, 6.07) is 15.7. The molecule has 7 heteroatoms. The van der Waals surface area contributed by atoms with Gasteiger partial charge >= 0.3 is 0 Å². The van der Waals surface area contributed by atoms with E-state index in [1.165, 1.54) is 5.56 Å². The summed E-state index contributed by atoms with van der Waals surface area (Å²) in [6.45, 7) is 2.70. The topological polar surface area (TPSA) is 76.3 Å². The molecule has 1 atom stereocenters. The first-order chi connectivity index (χ1) is 13.6. The van der Waals surface area contributed by atoms with E-state index in [4.69, 9.17) is 4.52 Å². The minimum absolute atomic E-state index is 0.00386. The number of amides is 1. The van der Waals surface area contributed by atoms with Gasteiger partial charge in [0.1, 0.15) is 5.75 Å². The number of aromatic nitrogens is 2. The largest absolute Gasteiger partial charge is 0.338 e. The van der Waals surface area contributed by atoms with Crippen molar-refractivity contribution in [2.75, 3.05) is 17.2 Å². The molecule has 1 aliphatic heterocycles. The Morgan fingerprint density at radius 2 is 1.96 bits per heavy atom. The quantitative estimate of drug-likeness (QED) is 0.640. The van der Waals surface area contributed by atoms with Gasteiger partial charge in [0, 0.05) is 40.8 Å². The normalized spacial score (nSPS) is 14.1.